The third-order valence-corrected chi connectivity index (χ3v) is 3.56. The lowest BCUT2D eigenvalue weighted by Gasteiger charge is -2.20. The second kappa shape index (κ2) is 7.44. The topological polar surface area (TPSA) is 38.3 Å². The molecule has 3 nitrogen and oxygen atoms in total. The van der Waals surface area contributed by atoms with Crippen molar-refractivity contribution in [1.29, 1.82) is 0 Å². The van der Waals surface area contributed by atoms with Crippen molar-refractivity contribution in [3.8, 4) is 0 Å². The maximum Gasteiger partial charge on any atom is 0.322 e. The lowest BCUT2D eigenvalue weighted by molar-refractivity contribution is -0.143. The van der Waals surface area contributed by atoms with Crippen LogP contribution in [0.4, 0.5) is 0 Å². The summed E-state index contributed by atoms with van der Waals surface area (Å²) >= 11 is 0. The molecule has 1 rings (SSSR count). The minimum Gasteiger partial charge on any atom is -0.468 e. The lowest BCUT2D eigenvalue weighted by atomic mass is 9.98. The molecule has 0 saturated carbocycles. The Morgan fingerprint density at radius 1 is 1.20 bits per heavy atom. The maximum atomic E-state index is 11.8. The molecule has 1 aromatic carbocycles. The molecule has 1 unspecified atom stereocenters. The molecule has 0 aromatic heterocycles. The van der Waals surface area contributed by atoms with Gasteiger partial charge in [-0.3, -0.25) is 4.79 Å². The number of esters is 1. The molecule has 0 amide bonds. The minimum atomic E-state index is -0.236. The van der Waals surface area contributed by atoms with Crippen molar-refractivity contribution in [3.05, 3.63) is 34.4 Å². The molecule has 0 spiro atoms. The monoisotopic (exact) mass is 277 g/mol. The number of rotatable bonds is 6. The molecule has 0 radical (unpaired) electrons. The molecule has 0 fully saturated rings. The van der Waals surface area contributed by atoms with Crippen molar-refractivity contribution >= 4 is 5.97 Å². The first-order chi connectivity index (χ1) is 9.35. The van der Waals surface area contributed by atoms with Crippen molar-refractivity contribution in [1.82, 2.24) is 5.32 Å². The van der Waals surface area contributed by atoms with Gasteiger partial charge in [0.25, 0.3) is 0 Å². The van der Waals surface area contributed by atoms with Crippen molar-refractivity contribution in [3.63, 3.8) is 0 Å². The van der Waals surface area contributed by atoms with E-state index in [0.717, 1.165) is 6.42 Å². The molecule has 0 aliphatic rings. The predicted octanol–water partition coefficient (Wildman–Crippen LogP) is 3.29. The van der Waals surface area contributed by atoms with E-state index in [-0.39, 0.29) is 12.0 Å². The molecule has 0 aliphatic heterocycles. The predicted molar refractivity (Wildman–Crippen MR) is 82.8 cm³/mol. The maximum absolute atomic E-state index is 11.8. The normalized spacial score (nSPS) is 12.6. The highest BCUT2D eigenvalue weighted by molar-refractivity contribution is 5.75. The second-order valence-corrected chi connectivity index (χ2v) is 5.96. The van der Waals surface area contributed by atoms with Crippen LogP contribution < -0.4 is 5.32 Å². The minimum absolute atomic E-state index is 0.180. The van der Waals surface area contributed by atoms with Gasteiger partial charge in [0.05, 0.1) is 7.11 Å². The third kappa shape index (κ3) is 4.64. The zero-order valence-electron chi connectivity index (χ0n) is 13.5. The Morgan fingerprint density at radius 2 is 1.75 bits per heavy atom. The van der Waals surface area contributed by atoms with Crippen LogP contribution in [0.25, 0.3) is 0 Å². The summed E-state index contributed by atoms with van der Waals surface area (Å²) in [5, 5.41) is 3.34. The largest absolute Gasteiger partial charge is 0.468 e. The van der Waals surface area contributed by atoms with Crippen LogP contribution in [0.2, 0.25) is 0 Å². The Kier molecular flexibility index (Phi) is 6.21. The second-order valence-electron chi connectivity index (χ2n) is 5.96. The fourth-order valence-electron chi connectivity index (χ4n) is 2.59. The molecule has 20 heavy (non-hydrogen) atoms. The fourth-order valence-corrected chi connectivity index (χ4v) is 2.59. The zero-order chi connectivity index (χ0) is 15.3. The summed E-state index contributed by atoms with van der Waals surface area (Å²) in [6.45, 7) is 11.3. The summed E-state index contributed by atoms with van der Waals surface area (Å²) in [5.74, 6) is 0.271. The number of hydrogen-bond donors (Lipinski definition) is 1. The van der Waals surface area contributed by atoms with Gasteiger partial charge in [0.1, 0.15) is 6.04 Å². The summed E-state index contributed by atoms with van der Waals surface area (Å²) < 4.78 is 4.88. The number of methoxy groups -OCH3 is 1. The highest BCUT2D eigenvalue weighted by atomic mass is 16.5. The lowest BCUT2D eigenvalue weighted by Crippen LogP contribution is -2.38. The van der Waals surface area contributed by atoms with Crippen molar-refractivity contribution in [2.75, 3.05) is 7.11 Å². The van der Waals surface area contributed by atoms with Crippen LogP contribution in [0.5, 0.6) is 0 Å². The molecule has 112 valence electrons. The van der Waals surface area contributed by atoms with E-state index in [1.165, 1.54) is 29.4 Å². The van der Waals surface area contributed by atoms with E-state index in [1.807, 2.05) is 0 Å². The molecule has 1 N–H and O–H groups in total. The Morgan fingerprint density at radius 3 is 2.20 bits per heavy atom. The van der Waals surface area contributed by atoms with E-state index >= 15 is 0 Å². The van der Waals surface area contributed by atoms with Crippen molar-refractivity contribution in [2.45, 2.75) is 53.6 Å². The van der Waals surface area contributed by atoms with E-state index in [0.29, 0.717) is 12.5 Å². The smallest absolute Gasteiger partial charge is 0.322 e. The van der Waals surface area contributed by atoms with Gasteiger partial charge in [-0.15, -0.1) is 0 Å². The van der Waals surface area contributed by atoms with Gasteiger partial charge < -0.3 is 10.1 Å². The van der Waals surface area contributed by atoms with Gasteiger partial charge in [0, 0.05) is 6.54 Å². The van der Waals surface area contributed by atoms with E-state index in [4.69, 9.17) is 4.74 Å². The molecule has 0 aliphatic carbocycles. The standard InChI is InChI=1S/C17H27NO2/c1-11(2)7-16(17(19)20-6)18-10-15-13(4)8-12(3)9-14(15)5/h8-9,11,16,18H,7,10H2,1-6H3. The van der Waals surface area contributed by atoms with Crippen molar-refractivity contribution in [2.24, 2.45) is 5.92 Å². The van der Waals surface area contributed by atoms with Gasteiger partial charge in [-0.25, -0.2) is 0 Å². The summed E-state index contributed by atoms with van der Waals surface area (Å²) in [4.78, 5) is 11.8. The van der Waals surface area contributed by atoms with Gasteiger partial charge in [-0.1, -0.05) is 31.5 Å². The van der Waals surface area contributed by atoms with Crippen LogP contribution in [0.15, 0.2) is 12.1 Å². The molecule has 1 aromatic rings. The van der Waals surface area contributed by atoms with Crippen LogP contribution in [0, 0.1) is 26.7 Å². The summed E-state index contributed by atoms with van der Waals surface area (Å²) in [7, 11) is 1.44. The van der Waals surface area contributed by atoms with Crippen molar-refractivity contribution < 1.29 is 9.53 Å². The van der Waals surface area contributed by atoms with Gasteiger partial charge in [0.15, 0.2) is 0 Å². The van der Waals surface area contributed by atoms with Crippen LogP contribution >= 0.6 is 0 Å². The molecule has 3 heteroatoms. The fraction of sp³-hybridized carbons (Fsp3) is 0.588. The number of aryl methyl sites for hydroxylation is 3. The number of ether oxygens (including phenoxy) is 1. The number of hydrogen-bond acceptors (Lipinski definition) is 3. The number of carbonyl (C=O) groups excluding carboxylic acids is 1. The van der Waals surface area contributed by atoms with E-state index in [2.05, 4.69) is 52.1 Å². The van der Waals surface area contributed by atoms with Crippen LogP contribution in [-0.2, 0) is 16.1 Å². The van der Waals surface area contributed by atoms with Gasteiger partial charge in [0.2, 0.25) is 0 Å². The Hall–Kier alpha value is -1.35. The Balaban J connectivity index is 2.79. The van der Waals surface area contributed by atoms with Crippen LogP contribution in [0.1, 0.15) is 42.5 Å². The Bertz CT molecular complexity index is 443. The zero-order valence-corrected chi connectivity index (χ0v) is 13.5. The highest BCUT2D eigenvalue weighted by Crippen LogP contribution is 2.17. The van der Waals surface area contributed by atoms with Gasteiger partial charge >= 0.3 is 5.97 Å². The van der Waals surface area contributed by atoms with Crippen LogP contribution in [0.3, 0.4) is 0 Å². The van der Waals surface area contributed by atoms with Crippen LogP contribution in [-0.4, -0.2) is 19.1 Å². The first kappa shape index (κ1) is 16.7. The van der Waals surface area contributed by atoms with E-state index in [9.17, 15) is 4.79 Å². The highest BCUT2D eigenvalue weighted by Gasteiger charge is 2.20. The van der Waals surface area contributed by atoms with E-state index in [1.54, 1.807) is 0 Å². The molecule has 0 saturated heterocycles. The molecular weight excluding hydrogens is 250 g/mol. The van der Waals surface area contributed by atoms with Gasteiger partial charge in [-0.2, -0.15) is 0 Å². The third-order valence-electron chi connectivity index (χ3n) is 3.56. The molecule has 0 bridgehead atoms. The number of nitrogens with one attached hydrogen (secondary N) is 1. The average molecular weight is 277 g/mol. The Labute approximate surface area is 122 Å². The molecule has 0 heterocycles. The first-order valence-electron chi connectivity index (χ1n) is 7.23. The summed E-state index contributed by atoms with van der Waals surface area (Å²) in [6.07, 6.45) is 0.788. The van der Waals surface area contributed by atoms with E-state index < -0.39 is 0 Å². The van der Waals surface area contributed by atoms with Gasteiger partial charge in [-0.05, 0) is 49.8 Å². The first-order valence-corrected chi connectivity index (χ1v) is 7.23. The quantitative estimate of drug-likeness (QED) is 0.811. The summed E-state index contributed by atoms with van der Waals surface area (Å²) in [5.41, 5.74) is 5.08. The number of carbonyl (C=O) groups is 1. The average Bonchev–Trinajstić information content (AvgIpc) is 2.34. The number of benzene rings is 1. The molecular formula is C17H27NO2. The molecule has 1 atom stereocenters. The SMILES string of the molecule is COC(=O)C(CC(C)C)NCc1c(C)cc(C)cc1C. The summed E-state index contributed by atoms with van der Waals surface area (Å²) in [6, 6.07) is 4.12.